The van der Waals surface area contributed by atoms with Crippen molar-refractivity contribution in [2.45, 2.75) is 46.0 Å². The third kappa shape index (κ3) is 6.44. The summed E-state index contributed by atoms with van der Waals surface area (Å²) in [5.74, 6) is 0.0698. The van der Waals surface area contributed by atoms with E-state index in [2.05, 4.69) is 38.5 Å². The lowest BCUT2D eigenvalue weighted by Crippen LogP contribution is -2.42. The van der Waals surface area contributed by atoms with Gasteiger partial charge in [0.05, 0.1) is 13.0 Å². The molecule has 0 spiro atoms. The van der Waals surface area contributed by atoms with Crippen LogP contribution in [0.2, 0.25) is 0 Å². The number of aryl methyl sites for hydroxylation is 1. The normalized spacial score (nSPS) is 11.0. The summed E-state index contributed by atoms with van der Waals surface area (Å²) in [6.45, 7) is 8.75. The molecule has 0 aromatic heterocycles. The van der Waals surface area contributed by atoms with E-state index in [4.69, 9.17) is 4.74 Å². The molecular weight excluding hydrogens is 340 g/mol. The lowest BCUT2D eigenvalue weighted by Gasteiger charge is -2.19. The number of nitrogens with one attached hydrogen (secondary N) is 2. The van der Waals surface area contributed by atoms with Crippen LogP contribution >= 0.6 is 0 Å². The lowest BCUT2D eigenvalue weighted by atomic mass is 9.87. The Morgan fingerprint density at radius 2 is 1.56 bits per heavy atom. The van der Waals surface area contributed by atoms with E-state index in [0.29, 0.717) is 5.56 Å². The molecule has 144 valence electrons. The van der Waals surface area contributed by atoms with Gasteiger partial charge in [0, 0.05) is 5.56 Å². The van der Waals surface area contributed by atoms with E-state index in [9.17, 15) is 9.59 Å². The van der Waals surface area contributed by atoms with E-state index in [1.165, 1.54) is 5.56 Å². The fourth-order valence-electron chi connectivity index (χ4n) is 2.47. The van der Waals surface area contributed by atoms with Gasteiger partial charge in [0.2, 0.25) is 5.91 Å². The number of hydrogen-bond acceptors (Lipinski definition) is 3. The van der Waals surface area contributed by atoms with E-state index < -0.39 is 0 Å². The molecule has 2 amide bonds. The van der Waals surface area contributed by atoms with Crippen LogP contribution in [0, 0.1) is 0 Å². The van der Waals surface area contributed by atoms with E-state index >= 15 is 0 Å². The molecule has 0 fully saturated rings. The van der Waals surface area contributed by atoms with Gasteiger partial charge in [-0.3, -0.25) is 20.4 Å². The number of carbonyl (C=O) groups excluding carboxylic acids is 2. The third-order valence-electron chi connectivity index (χ3n) is 4.26. The number of amides is 2. The number of hydrogen-bond donors (Lipinski definition) is 2. The Morgan fingerprint density at radius 1 is 0.926 bits per heavy atom. The highest BCUT2D eigenvalue weighted by Gasteiger charge is 2.13. The van der Waals surface area contributed by atoms with Gasteiger partial charge >= 0.3 is 0 Å². The molecule has 0 saturated carbocycles. The van der Waals surface area contributed by atoms with Gasteiger partial charge in [0.1, 0.15) is 5.75 Å². The minimum Gasteiger partial charge on any atom is -0.493 e. The van der Waals surface area contributed by atoms with Gasteiger partial charge in [-0.25, -0.2) is 0 Å². The molecule has 0 radical (unpaired) electrons. The average Bonchev–Trinajstić information content (AvgIpc) is 2.66. The molecule has 2 N–H and O–H groups in total. The average molecular weight is 368 g/mol. The summed E-state index contributed by atoms with van der Waals surface area (Å²) in [5.41, 5.74) is 7.79. The van der Waals surface area contributed by atoms with Gasteiger partial charge < -0.3 is 4.74 Å². The van der Waals surface area contributed by atoms with Crippen molar-refractivity contribution < 1.29 is 14.3 Å². The molecule has 0 bridgehead atoms. The second kappa shape index (κ2) is 9.21. The summed E-state index contributed by atoms with van der Waals surface area (Å²) in [5, 5.41) is 0. The molecule has 0 atom stereocenters. The molecule has 2 aromatic carbocycles. The molecule has 0 unspecified atom stereocenters. The standard InChI is InChI=1S/C22H28N2O3/c1-5-16-6-8-17(9-7-16)21(26)24-23-20(25)14-15-27-19-12-10-18(11-13-19)22(2,3)4/h6-13H,5,14-15H2,1-4H3,(H,23,25)(H,24,26). The first kappa shape index (κ1) is 20.5. The molecule has 5 nitrogen and oxygen atoms in total. The number of hydrazine groups is 1. The fourth-order valence-corrected chi connectivity index (χ4v) is 2.47. The molecule has 5 heteroatoms. The number of carbonyl (C=O) groups is 2. The summed E-state index contributed by atoms with van der Waals surface area (Å²) in [6.07, 6.45) is 1.06. The zero-order valence-electron chi connectivity index (χ0n) is 16.5. The summed E-state index contributed by atoms with van der Waals surface area (Å²) >= 11 is 0. The zero-order chi connectivity index (χ0) is 19.9. The Morgan fingerprint density at radius 3 is 2.11 bits per heavy atom. The van der Waals surface area contributed by atoms with Crippen molar-refractivity contribution in [1.29, 1.82) is 0 Å². The molecule has 0 saturated heterocycles. The predicted octanol–water partition coefficient (Wildman–Crippen LogP) is 3.78. The maximum absolute atomic E-state index is 12.0. The Hall–Kier alpha value is -2.82. The summed E-state index contributed by atoms with van der Waals surface area (Å²) in [4.78, 5) is 23.8. The first-order valence-corrected chi connectivity index (χ1v) is 9.21. The maximum Gasteiger partial charge on any atom is 0.269 e. The van der Waals surface area contributed by atoms with Crippen molar-refractivity contribution in [3.05, 3.63) is 65.2 Å². The molecule has 2 rings (SSSR count). The van der Waals surface area contributed by atoms with Crippen LogP contribution in [0.4, 0.5) is 0 Å². The van der Waals surface area contributed by atoms with Crippen LogP contribution in [0.5, 0.6) is 5.75 Å². The molecule has 0 aliphatic heterocycles. The molecule has 27 heavy (non-hydrogen) atoms. The topological polar surface area (TPSA) is 67.4 Å². The molecule has 0 aliphatic carbocycles. The van der Waals surface area contributed by atoms with Crippen molar-refractivity contribution in [2.24, 2.45) is 0 Å². The molecule has 0 heterocycles. The summed E-state index contributed by atoms with van der Waals surface area (Å²) in [6, 6.07) is 15.1. The number of benzene rings is 2. The molecular formula is C22H28N2O3. The van der Waals surface area contributed by atoms with E-state index in [-0.39, 0.29) is 30.3 Å². The molecule has 0 aliphatic rings. The van der Waals surface area contributed by atoms with E-state index in [0.717, 1.165) is 17.7 Å². The fraction of sp³-hybridized carbons (Fsp3) is 0.364. The Labute approximate surface area is 161 Å². The summed E-state index contributed by atoms with van der Waals surface area (Å²) in [7, 11) is 0. The second-order valence-corrected chi connectivity index (χ2v) is 7.43. The Bertz CT molecular complexity index is 760. The van der Waals surface area contributed by atoms with Gasteiger partial charge in [-0.2, -0.15) is 0 Å². The highest BCUT2D eigenvalue weighted by molar-refractivity contribution is 5.95. The minimum atomic E-state index is -0.343. The van der Waals surface area contributed by atoms with Gasteiger partial charge in [0.25, 0.3) is 5.91 Å². The molecule has 2 aromatic rings. The first-order valence-electron chi connectivity index (χ1n) is 9.21. The van der Waals surface area contributed by atoms with Crippen LogP contribution in [0.25, 0.3) is 0 Å². The van der Waals surface area contributed by atoms with Gasteiger partial charge in [-0.15, -0.1) is 0 Å². The van der Waals surface area contributed by atoms with E-state index in [1.807, 2.05) is 36.4 Å². The van der Waals surface area contributed by atoms with Crippen molar-refractivity contribution in [1.82, 2.24) is 10.9 Å². The zero-order valence-corrected chi connectivity index (χ0v) is 16.5. The minimum absolute atomic E-state index is 0.0908. The Kier molecular flexibility index (Phi) is 6.99. The van der Waals surface area contributed by atoms with Crippen molar-refractivity contribution in [3.63, 3.8) is 0 Å². The van der Waals surface area contributed by atoms with Crippen molar-refractivity contribution in [2.75, 3.05) is 6.61 Å². The third-order valence-corrected chi connectivity index (χ3v) is 4.26. The van der Waals surface area contributed by atoms with Crippen molar-refractivity contribution >= 4 is 11.8 Å². The largest absolute Gasteiger partial charge is 0.493 e. The van der Waals surface area contributed by atoms with Gasteiger partial charge in [-0.05, 0) is 47.2 Å². The quantitative estimate of drug-likeness (QED) is 0.763. The van der Waals surface area contributed by atoms with Crippen LogP contribution in [-0.4, -0.2) is 18.4 Å². The van der Waals surface area contributed by atoms with Crippen LogP contribution in [-0.2, 0) is 16.6 Å². The Balaban J connectivity index is 1.72. The lowest BCUT2D eigenvalue weighted by molar-refractivity contribution is -0.122. The smallest absolute Gasteiger partial charge is 0.269 e. The van der Waals surface area contributed by atoms with Gasteiger partial charge in [0.15, 0.2) is 0 Å². The van der Waals surface area contributed by atoms with Crippen LogP contribution in [0.15, 0.2) is 48.5 Å². The van der Waals surface area contributed by atoms with E-state index in [1.54, 1.807) is 12.1 Å². The van der Waals surface area contributed by atoms with Crippen molar-refractivity contribution in [3.8, 4) is 5.75 Å². The first-order chi connectivity index (χ1) is 12.8. The van der Waals surface area contributed by atoms with Crippen LogP contribution in [0.3, 0.4) is 0 Å². The van der Waals surface area contributed by atoms with Gasteiger partial charge in [-0.1, -0.05) is 52.0 Å². The summed E-state index contributed by atoms with van der Waals surface area (Å²) < 4.78 is 5.59. The monoisotopic (exact) mass is 368 g/mol. The van der Waals surface area contributed by atoms with Crippen LogP contribution in [0.1, 0.15) is 55.6 Å². The number of rotatable bonds is 6. The maximum atomic E-state index is 12.0. The predicted molar refractivity (Wildman–Crippen MR) is 107 cm³/mol. The SMILES string of the molecule is CCc1ccc(C(=O)NNC(=O)CCOc2ccc(C(C)(C)C)cc2)cc1. The second-order valence-electron chi connectivity index (χ2n) is 7.43. The number of ether oxygens (including phenoxy) is 1. The highest BCUT2D eigenvalue weighted by atomic mass is 16.5. The highest BCUT2D eigenvalue weighted by Crippen LogP contribution is 2.24. The van der Waals surface area contributed by atoms with Crippen LogP contribution < -0.4 is 15.6 Å².